The SMILES string of the molecule is COc1c(C)cc2c(c1O)[C@@H]1C3Cc4c(OC(=O)CCl)c(C)c5c(c4[C@H](CNC(=O)CCc4ccccc4)N3[C@@H](C#N)[C@H](C2)N1C)OCO5.COc1c(C)cc2c(c1O)[C@@H]1C3Cc4c(OC(=O)CCl)c(C)c5c(c4[C@H](CNC(=O)CCc4ccccc4)N3[C@@H](C#N)[C@H](C2)N1C)OCO5. The lowest BCUT2D eigenvalue weighted by Crippen LogP contribution is -2.68. The van der Waals surface area contributed by atoms with Gasteiger partial charge in [-0.3, -0.25) is 38.8 Å². The minimum absolute atomic E-state index is 0.0227. The van der Waals surface area contributed by atoms with Crippen molar-refractivity contribution in [2.45, 2.75) is 139 Å². The Bertz CT molecular complexity index is 3990. The van der Waals surface area contributed by atoms with Crippen LogP contribution in [0.2, 0.25) is 0 Å². The van der Waals surface area contributed by atoms with Crippen LogP contribution >= 0.6 is 23.2 Å². The molecule has 4 N–H and O–H groups in total. The number of alkyl halides is 2. The number of ether oxygens (including phenoxy) is 8. The molecule has 22 nitrogen and oxygen atoms in total. The normalized spacial score (nSPS) is 23.5. The second kappa shape index (κ2) is 27.7. The molecule has 0 aliphatic carbocycles. The van der Waals surface area contributed by atoms with Gasteiger partial charge in [-0.05, 0) is 114 Å². The fourth-order valence-corrected chi connectivity index (χ4v) is 17.1. The van der Waals surface area contributed by atoms with E-state index in [0.717, 1.165) is 55.6 Å². The van der Waals surface area contributed by atoms with E-state index >= 15 is 0 Å². The lowest BCUT2D eigenvalue weighted by Gasteiger charge is -2.60. The highest BCUT2D eigenvalue weighted by atomic mass is 35.5. The van der Waals surface area contributed by atoms with Gasteiger partial charge in [-0.2, -0.15) is 10.5 Å². The van der Waals surface area contributed by atoms with Gasteiger partial charge < -0.3 is 58.7 Å². The zero-order valence-electron chi connectivity index (χ0n) is 55.8. The fourth-order valence-electron chi connectivity index (χ4n) is 17.0. The van der Waals surface area contributed by atoms with Gasteiger partial charge >= 0.3 is 11.9 Å². The molecule has 4 bridgehead atoms. The van der Waals surface area contributed by atoms with E-state index in [1.165, 1.54) is 0 Å². The van der Waals surface area contributed by atoms with E-state index in [4.69, 9.17) is 61.1 Å². The third-order valence-corrected chi connectivity index (χ3v) is 21.6. The van der Waals surface area contributed by atoms with Crippen LogP contribution in [0.25, 0.3) is 0 Å². The third-order valence-electron chi connectivity index (χ3n) is 21.1. The summed E-state index contributed by atoms with van der Waals surface area (Å²) in [4.78, 5) is 60.9. The zero-order valence-corrected chi connectivity index (χ0v) is 57.3. The first-order chi connectivity index (χ1) is 47.4. The van der Waals surface area contributed by atoms with Crippen molar-refractivity contribution in [3.05, 3.63) is 151 Å². The minimum atomic E-state index is -0.615. The van der Waals surface area contributed by atoms with Crippen LogP contribution < -0.4 is 48.5 Å². The first kappa shape index (κ1) is 67.6. The molecule has 2 unspecified atom stereocenters. The Kier molecular flexibility index (Phi) is 19.1. The Morgan fingerprint density at radius 3 is 1.29 bits per heavy atom. The average molecular weight is 1370 g/mol. The number of aryl methyl sites for hydroxylation is 4. The van der Waals surface area contributed by atoms with Crippen LogP contribution in [0.5, 0.6) is 57.5 Å². The van der Waals surface area contributed by atoms with E-state index in [1.54, 1.807) is 14.2 Å². The van der Waals surface area contributed by atoms with Crippen molar-refractivity contribution in [2.24, 2.45) is 0 Å². The number of rotatable bonds is 16. The number of carbonyl (C=O) groups is 4. The van der Waals surface area contributed by atoms with Crippen molar-refractivity contribution >= 4 is 47.0 Å². The van der Waals surface area contributed by atoms with Gasteiger partial charge in [-0.25, -0.2) is 0 Å². The molecule has 98 heavy (non-hydrogen) atoms. The van der Waals surface area contributed by atoms with Gasteiger partial charge in [0.15, 0.2) is 46.0 Å². The number of hydrogen-bond donors (Lipinski definition) is 4. The Morgan fingerprint density at radius 1 is 0.551 bits per heavy atom. The Labute approximate surface area is 578 Å². The molecule has 0 spiro atoms. The van der Waals surface area contributed by atoms with E-state index in [1.807, 2.05) is 115 Å². The lowest BCUT2D eigenvalue weighted by molar-refractivity contribution is -0.132. The number of nitriles is 2. The topological polar surface area (TPSA) is 267 Å². The van der Waals surface area contributed by atoms with E-state index in [-0.39, 0.29) is 111 Å². The van der Waals surface area contributed by atoms with Crippen LogP contribution in [0, 0.1) is 50.4 Å². The number of phenolic OH excluding ortho intramolecular Hbond substituents is 2. The molecule has 0 radical (unpaired) electrons. The summed E-state index contributed by atoms with van der Waals surface area (Å²) in [7, 11) is 7.06. The summed E-state index contributed by atoms with van der Waals surface area (Å²) in [5.41, 5.74) is 11.3. The Hall–Kier alpha value is -9.00. The van der Waals surface area contributed by atoms with Crippen molar-refractivity contribution in [1.82, 2.24) is 30.2 Å². The predicted molar refractivity (Wildman–Crippen MR) is 361 cm³/mol. The number of halogens is 2. The van der Waals surface area contributed by atoms with Crippen molar-refractivity contribution in [3.63, 3.8) is 0 Å². The number of methoxy groups -OCH3 is 2. The predicted octanol–water partition coefficient (Wildman–Crippen LogP) is 8.82. The maximum absolute atomic E-state index is 13.4. The van der Waals surface area contributed by atoms with Crippen LogP contribution in [-0.4, -0.2) is 157 Å². The van der Waals surface area contributed by atoms with E-state index < -0.39 is 36.1 Å². The molecule has 0 aromatic heterocycles. The third kappa shape index (κ3) is 11.7. The molecule has 6 aromatic carbocycles. The van der Waals surface area contributed by atoms with Gasteiger partial charge in [0.25, 0.3) is 0 Å². The highest BCUT2D eigenvalue weighted by Gasteiger charge is 2.59. The van der Waals surface area contributed by atoms with E-state index in [2.05, 4.69) is 42.4 Å². The van der Waals surface area contributed by atoms with E-state index in [9.17, 15) is 39.9 Å². The molecule has 2 amide bonds. The number of carbonyl (C=O) groups excluding carboxylic acids is 4. The number of nitrogens with zero attached hydrogens (tertiary/aromatic N) is 6. The first-order valence-electron chi connectivity index (χ1n) is 33.0. The molecule has 2 fully saturated rings. The second-order valence-corrected chi connectivity index (χ2v) is 26.8. The summed E-state index contributed by atoms with van der Waals surface area (Å²) >= 11 is 11.9. The molecule has 0 saturated carbocycles. The molecular formula is C74H78Cl2N8O14. The molecule has 2 saturated heterocycles. The minimum Gasteiger partial charge on any atom is -0.504 e. The summed E-state index contributed by atoms with van der Waals surface area (Å²) in [6.45, 7) is 7.71. The highest BCUT2D eigenvalue weighted by Crippen LogP contribution is 2.61. The number of esters is 2. The monoisotopic (exact) mass is 1370 g/mol. The van der Waals surface area contributed by atoms with Crippen LogP contribution in [-0.2, 0) is 57.7 Å². The fraction of sp³-hybridized carbons (Fsp3) is 0.432. The quantitative estimate of drug-likeness (QED) is 0.0400. The highest BCUT2D eigenvalue weighted by molar-refractivity contribution is 6.27. The molecule has 14 rings (SSSR count). The molecular weight excluding hydrogens is 1300 g/mol. The van der Waals surface area contributed by atoms with Crippen LogP contribution in [0.1, 0.15) is 115 Å². The van der Waals surface area contributed by atoms with Crippen molar-refractivity contribution in [3.8, 4) is 69.6 Å². The number of piperazine rings is 2. The van der Waals surface area contributed by atoms with Crippen LogP contribution in [0.3, 0.4) is 0 Å². The Balaban J connectivity index is 0.000000176. The summed E-state index contributed by atoms with van der Waals surface area (Å²) in [5, 5.41) is 51.5. The average Bonchev–Trinajstić information content (AvgIpc) is 0.853. The van der Waals surface area contributed by atoms with Gasteiger partial charge in [0.1, 0.15) is 35.3 Å². The van der Waals surface area contributed by atoms with Crippen molar-refractivity contribution < 1.29 is 67.3 Å². The van der Waals surface area contributed by atoms with Gasteiger partial charge in [0, 0.05) is 94.6 Å². The number of fused-ring (bicyclic) bond motifs is 18. The number of hydrogen-bond acceptors (Lipinski definition) is 20. The number of likely N-dealkylation sites (N-methyl/N-ethyl adjacent to an activating group) is 2. The summed E-state index contributed by atoms with van der Waals surface area (Å²) < 4.78 is 47.2. The number of phenols is 2. The van der Waals surface area contributed by atoms with Crippen LogP contribution in [0.15, 0.2) is 72.8 Å². The van der Waals surface area contributed by atoms with Gasteiger partial charge in [0.05, 0.1) is 50.5 Å². The Morgan fingerprint density at radius 2 is 0.929 bits per heavy atom. The molecule has 10 atom stereocenters. The largest absolute Gasteiger partial charge is 0.504 e. The van der Waals surface area contributed by atoms with Crippen molar-refractivity contribution in [2.75, 3.05) is 66.8 Å². The summed E-state index contributed by atoms with van der Waals surface area (Å²) in [6, 6.07) is 24.8. The van der Waals surface area contributed by atoms with Gasteiger partial charge in [-0.15, -0.1) is 23.2 Å². The molecule has 8 aliphatic heterocycles. The van der Waals surface area contributed by atoms with Gasteiger partial charge in [-0.1, -0.05) is 72.8 Å². The van der Waals surface area contributed by atoms with Crippen LogP contribution in [0.4, 0.5) is 0 Å². The van der Waals surface area contributed by atoms with E-state index in [0.29, 0.717) is 107 Å². The molecule has 512 valence electrons. The number of nitrogens with one attached hydrogen (secondary N) is 2. The summed E-state index contributed by atoms with van der Waals surface area (Å²) in [6.07, 6.45) is 3.51. The lowest BCUT2D eigenvalue weighted by atomic mass is 9.71. The number of aromatic hydroxyl groups is 2. The smallest absolute Gasteiger partial charge is 0.326 e. The number of benzene rings is 6. The molecule has 8 heterocycles. The zero-order chi connectivity index (χ0) is 69.1. The maximum Gasteiger partial charge on any atom is 0.326 e. The molecule has 24 heteroatoms. The second-order valence-electron chi connectivity index (χ2n) is 26.3. The molecule has 8 aliphatic rings. The maximum atomic E-state index is 13.4. The standard InChI is InChI=1S/2C37H39ClN4O7/c2*1-19-12-22-13-24-26(16-39)42-25(32(41(24)3)30(22)33(45)34(19)46-4)14-23-31(27(42)17-40-28(43)11-10-21-8-6-5-7-9-21)37-36(47-18-48-37)20(2)35(23)49-29(44)15-38/h2*5-9,12,24-27,32,45H,10-11,13-15,17-18H2,1-4H3,(H,40,43)/t2*24-,25?,26-,27-,32-/m00/s1. The molecule has 6 aromatic rings. The first-order valence-corrected chi connectivity index (χ1v) is 34.0. The van der Waals surface area contributed by atoms with Crippen molar-refractivity contribution in [1.29, 1.82) is 10.5 Å². The summed E-state index contributed by atoms with van der Waals surface area (Å²) in [5.74, 6) is 1.42. The number of amides is 2. The van der Waals surface area contributed by atoms with Gasteiger partial charge in [0.2, 0.25) is 25.4 Å².